The molecule has 7 rings (SSSR count). The van der Waals surface area contributed by atoms with Gasteiger partial charge in [-0.2, -0.15) is 0 Å². The Hall–Kier alpha value is -3.43. The Morgan fingerprint density at radius 2 is 1.52 bits per heavy atom. The molecular formula is C37H38N2S. The quantitative estimate of drug-likeness (QED) is 0.244. The number of rotatable bonds is 4. The Balaban J connectivity index is 1.42. The standard InChI is InChI=1S/C37H38N2S/c1-23(2)27-17-10-19-29-24(3)28-18-11-20-31(26-12-5-4-6-13-26)34(28)36(39-35(27)29)37-38-33(22-40-37)32-21-9-15-25-14-7-8-16-30(25)32/h7-11,14-24,26,36,39H,4-6,12-13H2,1-3H3. The first kappa shape index (κ1) is 25.5. The van der Waals surface area contributed by atoms with Gasteiger partial charge in [-0.15, -0.1) is 11.3 Å². The van der Waals surface area contributed by atoms with Crippen LogP contribution in [0.4, 0.5) is 5.69 Å². The molecule has 2 atom stereocenters. The average Bonchev–Trinajstić information content (AvgIpc) is 3.44. The number of hydrogen-bond donors (Lipinski definition) is 1. The Kier molecular flexibility index (Phi) is 6.71. The molecule has 0 amide bonds. The van der Waals surface area contributed by atoms with Gasteiger partial charge in [-0.3, -0.25) is 0 Å². The topological polar surface area (TPSA) is 24.9 Å². The minimum absolute atomic E-state index is 0.0328. The molecule has 202 valence electrons. The van der Waals surface area contributed by atoms with Crippen LogP contribution in [0.1, 0.15) is 109 Å². The van der Waals surface area contributed by atoms with Gasteiger partial charge in [0.05, 0.1) is 5.69 Å². The molecule has 3 heteroatoms. The molecule has 2 unspecified atom stereocenters. The highest BCUT2D eigenvalue weighted by Gasteiger charge is 2.34. The van der Waals surface area contributed by atoms with E-state index in [9.17, 15) is 0 Å². The van der Waals surface area contributed by atoms with Crippen molar-refractivity contribution >= 4 is 27.8 Å². The van der Waals surface area contributed by atoms with Gasteiger partial charge in [-0.1, -0.05) is 119 Å². The molecule has 40 heavy (non-hydrogen) atoms. The number of hydrogen-bond acceptors (Lipinski definition) is 3. The molecule has 1 aromatic heterocycles. The van der Waals surface area contributed by atoms with Crippen molar-refractivity contribution in [3.05, 3.63) is 117 Å². The van der Waals surface area contributed by atoms with Gasteiger partial charge in [-0.05, 0) is 63.3 Å². The molecule has 0 spiro atoms. The normalized spacial score (nSPS) is 19.2. The summed E-state index contributed by atoms with van der Waals surface area (Å²) in [6.07, 6.45) is 6.62. The highest BCUT2D eigenvalue weighted by molar-refractivity contribution is 7.10. The molecule has 0 bridgehead atoms. The maximum Gasteiger partial charge on any atom is 0.120 e. The summed E-state index contributed by atoms with van der Waals surface area (Å²) in [5, 5.41) is 10.1. The van der Waals surface area contributed by atoms with Crippen LogP contribution in [-0.4, -0.2) is 4.98 Å². The lowest BCUT2D eigenvalue weighted by molar-refractivity contribution is 0.440. The summed E-state index contributed by atoms with van der Waals surface area (Å²) in [4.78, 5) is 5.41. The number of thiazole rings is 1. The van der Waals surface area contributed by atoms with Crippen LogP contribution < -0.4 is 5.32 Å². The minimum atomic E-state index is 0.0328. The molecule has 1 N–H and O–H groups in total. The van der Waals surface area contributed by atoms with E-state index in [0.29, 0.717) is 17.8 Å². The first-order valence-corrected chi connectivity index (χ1v) is 15.9. The molecule has 2 nitrogen and oxygen atoms in total. The largest absolute Gasteiger partial charge is 0.372 e. The number of nitrogens with one attached hydrogen (secondary N) is 1. The molecule has 0 radical (unpaired) electrons. The van der Waals surface area contributed by atoms with Crippen molar-refractivity contribution in [2.75, 3.05) is 5.32 Å². The molecule has 2 aliphatic rings. The first-order chi connectivity index (χ1) is 19.6. The predicted molar refractivity (Wildman–Crippen MR) is 171 cm³/mol. The lowest BCUT2D eigenvalue weighted by Gasteiger charge is -2.29. The van der Waals surface area contributed by atoms with E-state index < -0.39 is 0 Å². The summed E-state index contributed by atoms with van der Waals surface area (Å²) in [6, 6.07) is 29.3. The highest BCUT2D eigenvalue weighted by atomic mass is 32.1. The van der Waals surface area contributed by atoms with Crippen LogP contribution in [0.3, 0.4) is 0 Å². The fraction of sp³-hybridized carbons (Fsp3) is 0.324. The van der Waals surface area contributed by atoms with Crippen LogP contribution in [0.2, 0.25) is 0 Å². The van der Waals surface area contributed by atoms with Crippen LogP contribution in [0.15, 0.2) is 84.2 Å². The van der Waals surface area contributed by atoms with Gasteiger partial charge in [0.1, 0.15) is 11.0 Å². The smallest absolute Gasteiger partial charge is 0.120 e. The molecule has 1 aliphatic carbocycles. The summed E-state index contributed by atoms with van der Waals surface area (Å²) in [5.74, 6) is 1.39. The van der Waals surface area contributed by atoms with Gasteiger partial charge in [-0.25, -0.2) is 4.98 Å². The Labute approximate surface area is 242 Å². The molecular weight excluding hydrogens is 504 g/mol. The number of aromatic nitrogens is 1. The van der Waals surface area contributed by atoms with Crippen LogP contribution in [0.25, 0.3) is 22.0 Å². The van der Waals surface area contributed by atoms with Crippen LogP contribution >= 0.6 is 11.3 Å². The first-order valence-electron chi connectivity index (χ1n) is 15.1. The Bertz CT molecular complexity index is 1670. The SMILES string of the molecule is CC(C)c1cccc2c1NC(c1nc(-c3cccc4ccccc34)cs1)c1c(C3CCCCC3)cccc1C2C. The third-order valence-corrected chi connectivity index (χ3v) is 10.2. The van der Waals surface area contributed by atoms with Crippen LogP contribution in [0.5, 0.6) is 0 Å². The van der Waals surface area contributed by atoms with Crippen molar-refractivity contribution < 1.29 is 0 Å². The lowest BCUT2D eigenvalue weighted by atomic mass is 9.77. The van der Waals surface area contributed by atoms with Gasteiger partial charge >= 0.3 is 0 Å². The zero-order chi connectivity index (χ0) is 27.2. The number of anilines is 1. The molecule has 1 aliphatic heterocycles. The van der Waals surface area contributed by atoms with Gasteiger partial charge in [0.25, 0.3) is 0 Å². The summed E-state index contributed by atoms with van der Waals surface area (Å²) >= 11 is 1.80. The fourth-order valence-corrected chi connectivity index (χ4v) is 8.12. The molecule has 1 fully saturated rings. The van der Waals surface area contributed by atoms with Gasteiger partial charge in [0.15, 0.2) is 0 Å². The van der Waals surface area contributed by atoms with E-state index >= 15 is 0 Å². The van der Waals surface area contributed by atoms with Crippen molar-refractivity contribution in [3.8, 4) is 11.3 Å². The third kappa shape index (κ3) is 4.36. The number of nitrogens with zero attached hydrogens (tertiary/aromatic N) is 1. The molecule has 5 aromatic rings. The second-order valence-electron chi connectivity index (χ2n) is 12.0. The number of benzene rings is 4. The van der Waals surface area contributed by atoms with E-state index in [0.717, 1.165) is 10.7 Å². The molecule has 4 aromatic carbocycles. The van der Waals surface area contributed by atoms with E-state index in [2.05, 4.69) is 110 Å². The van der Waals surface area contributed by atoms with Crippen LogP contribution in [0, 0.1) is 0 Å². The fourth-order valence-electron chi connectivity index (χ4n) is 7.24. The van der Waals surface area contributed by atoms with Crippen molar-refractivity contribution in [1.29, 1.82) is 0 Å². The van der Waals surface area contributed by atoms with Crippen LogP contribution in [-0.2, 0) is 0 Å². The second kappa shape index (κ2) is 10.5. The van der Waals surface area contributed by atoms with E-state index in [4.69, 9.17) is 4.98 Å². The van der Waals surface area contributed by atoms with Gasteiger partial charge in [0.2, 0.25) is 0 Å². The molecule has 1 saturated carbocycles. The maximum absolute atomic E-state index is 5.41. The maximum atomic E-state index is 5.41. The van der Waals surface area contributed by atoms with Crippen molar-refractivity contribution in [2.24, 2.45) is 0 Å². The van der Waals surface area contributed by atoms with Crippen molar-refractivity contribution in [2.45, 2.75) is 76.7 Å². The minimum Gasteiger partial charge on any atom is -0.372 e. The van der Waals surface area contributed by atoms with E-state index in [1.807, 2.05) is 0 Å². The zero-order valence-electron chi connectivity index (χ0n) is 23.8. The average molecular weight is 543 g/mol. The third-order valence-electron chi connectivity index (χ3n) is 9.31. The summed E-state index contributed by atoms with van der Waals surface area (Å²) < 4.78 is 0. The molecule has 0 saturated heterocycles. The van der Waals surface area contributed by atoms with E-state index in [-0.39, 0.29) is 6.04 Å². The highest BCUT2D eigenvalue weighted by Crippen LogP contribution is 2.49. The van der Waals surface area contributed by atoms with Gasteiger partial charge < -0.3 is 5.32 Å². The number of fused-ring (bicyclic) bond motifs is 3. The second-order valence-corrected chi connectivity index (χ2v) is 12.9. The summed E-state index contributed by atoms with van der Waals surface area (Å²) in [6.45, 7) is 7.02. The van der Waals surface area contributed by atoms with Crippen molar-refractivity contribution in [1.82, 2.24) is 4.98 Å². The summed E-state index contributed by atoms with van der Waals surface area (Å²) in [5.41, 5.74) is 10.9. The monoisotopic (exact) mass is 542 g/mol. The van der Waals surface area contributed by atoms with E-state index in [1.165, 1.54) is 76.4 Å². The Morgan fingerprint density at radius 3 is 2.38 bits per heavy atom. The zero-order valence-corrected chi connectivity index (χ0v) is 24.6. The predicted octanol–water partition coefficient (Wildman–Crippen LogP) is 10.8. The lowest BCUT2D eigenvalue weighted by Crippen LogP contribution is -2.18. The van der Waals surface area contributed by atoms with E-state index in [1.54, 1.807) is 16.9 Å². The van der Waals surface area contributed by atoms with Crippen molar-refractivity contribution in [3.63, 3.8) is 0 Å². The number of para-hydroxylation sites is 1. The Morgan fingerprint density at radius 1 is 0.800 bits per heavy atom. The summed E-state index contributed by atoms with van der Waals surface area (Å²) in [7, 11) is 0. The molecule has 2 heterocycles. The van der Waals surface area contributed by atoms with Gasteiger partial charge in [0, 0.05) is 22.5 Å².